The number of halogens is 1. The van der Waals surface area contributed by atoms with Crippen molar-refractivity contribution < 1.29 is 32.3 Å². The predicted molar refractivity (Wildman–Crippen MR) is 258 cm³/mol. The number of nitrogens with one attached hydrogen (secondary N) is 2. The topological polar surface area (TPSA) is 156 Å². The number of para-hydroxylation sites is 1. The van der Waals surface area contributed by atoms with Gasteiger partial charge in [-0.3, -0.25) is 19.8 Å². The Balaban J connectivity index is 0.939. The fourth-order valence-electron chi connectivity index (χ4n) is 9.09. The molecule has 3 heterocycles. The van der Waals surface area contributed by atoms with Crippen LogP contribution in [0.1, 0.15) is 60.9 Å². The van der Waals surface area contributed by atoms with Crippen LogP contribution >= 0.6 is 11.6 Å². The van der Waals surface area contributed by atoms with Gasteiger partial charge in [0.2, 0.25) is 0 Å². The quantitative estimate of drug-likeness (QED) is 0.0424. The number of ether oxygens (including phenoxy) is 3. The number of benzene rings is 4. The number of piperidine rings is 1. The minimum absolute atomic E-state index is 0.0157. The summed E-state index contributed by atoms with van der Waals surface area (Å²) in [4.78, 5) is 32.1. The van der Waals surface area contributed by atoms with Gasteiger partial charge >= 0.3 is 0 Å². The van der Waals surface area contributed by atoms with Crippen molar-refractivity contribution in [2.24, 2.45) is 5.92 Å². The van der Waals surface area contributed by atoms with Crippen molar-refractivity contribution in [3.63, 3.8) is 0 Å². The van der Waals surface area contributed by atoms with E-state index in [1.165, 1.54) is 37.0 Å². The lowest BCUT2D eigenvalue weighted by Crippen LogP contribution is -2.47. The smallest absolute Gasteiger partial charge is 0.293 e. The maximum absolute atomic E-state index is 13.9. The number of hydrogen-bond acceptors (Lipinski definition) is 12. The molecule has 1 unspecified atom stereocenters. The molecule has 4 aliphatic rings. The van der Waals surface area contributed by atoms with E-state index in [1.807, 2.05) is 18.2 Å². The summed E-state index contributed by atoms with van der Waals surface area (Å²) in [5, 5.41) is 14.3. The summed E-state index contributed by atoms with van der Waals surface area (Å²) >= 11 is 7.21. The number of sulfonamides is 1. The van der Waals surface area contributed by atoms with Gasteiger partial charge in [0.25, 0.3) is 21.6 Å². The van der Waals surface area contributed by atoms with E-state index in [2.05, 4.69) is 55.1 Å². The highest BCUT2D eigenvalue weighted by Crippen LogP contribution is 2.39. The summed E-state index contributed by atoms with van der Waals surface area (Å²) in [7, 11) is -4.54. The van der Waals surface area contributed by atoms with Gasteiger partial charge in [0.15, 0.2) is 5.06 Å². The number of alkyl halides is 1. The molecule has 0 aromatic heterocycles. The number of likely N-dealkylation sites (tertiary alicyclic amines) is 1. The van der Waals surface area contributed by atoms with Gasteiger partial charge in [-0.25, -0.2) is 13.1 Å². The van der Waals surface area contributed by atoms with Crippen LogP contribution < -0.4 is 19.7 Å². The molecule has 1 amide bonds. The second kappa shape index (κ2) is 22.0. The van der Waals surface area contributed by atoms with E-state index >= 15 is 0 Å². The lowest BCUT2D eigenvalue weighted by molar-refractivity contribution is -0.384. The van der Waals surface area contributed by atoms with Crippen molar-refractivity contribution in [3.8, 4) is 11.5 Å². The molecule has 66 heavy (non-hydrogen) atoms. The number of nitro groups is 1. The fourth-order valence-corrected chi connectivity index (χ4v) is 10.4. The van der Waals surface area contributed by atoms with Crippen molar-refractivity contribution in [1.82, 2.24) is 14.5 Å². The zero-order valence-corrected chi connectivity index (χ0v) is 38.8. The summed E-state index contributed by atoms with van der Waals surface area (Å²) in [5.41, 5.74) is 4.11. The molecule has 0 bridgehead atoms. The first-order valence-corrected chi connectivity index (χ1v) is 24.9. The molecular formula is C50H59ClN6O8S. The van der Waals surface area contributed by atoms with E-state index in [9.17, 15) is 23.3 Å². The molecule has 3 aliphatic heterocycles. The monoisotopic (exact) mass is 938 g/mol. The third-order valence-electron chi connectivity index (χ3n) is 12.8. The van der Waals surface area contributed by atoms with Gasteiger partial charge in [0, 0.05) is 83.3 Å². The fraction of sp³-hybridized carbons (Fsp3) is 0.420. The molecule has 1 aliphatic carbocycles. The number of carbonyl (C=O) groups is 1. The Kier molecular flexibility index (Phi) is 15.7. The molecular weight excluding hydrogens is 880 g/mol. The van der Waals surface area contributed by atoms with Crippen LogP contribution in [0.15, 0.2) is 120 Å². The molecule has 3 saturated heterocycles. The van der Waals surface area contributed by atoms with Crippen molar-refractivity contribution in [2.45, 2.75) is 54.9 Å². The van der Waals surface area contributed by atoms with E-state index in [1.54, 1.807) is 42.5 Å². The number of nitro benzene ring substituents is 1. The molecule has 4 aromatic rings. The van der Waals surface area contributed by atoms with Crippen LogP contribution in [0.3, 0.4) is 0 Å². The molecule has 0 saturated carbocycles. The molecule has 0 radical (unpaired) electrons. The Morgan fingerprint density at radius 1 is 0.879 bits per heavy atom. The van der Waals surface area contributed by atoms with Gasteiger partial charge in [-0.2, -0.15) is 0 Å². The molecule has 0 spiro atoms. The molecule has 3 fully saturated rings. The lowest BCUT2D eigenvalue weighted by Gasteiger charge is -2.38. The van der Waals surface area contributed by atoms with Crippen LogP contribution in [0.4, 0.5) is 17.1 Å². The van der Waals surface area contributed by atoms with Gasteiger partial charge in [0.1, 0.15) is 17.2 Å². The summed E-state index contributed by atoms with van der Waals surface area (Å²) in [6.45, 7) is 9.29. The molecule has 1 atom stereocenters. The summed E-state index contributed by atoms with van der Waals surface area (Å²) in [5.74, 6) is -0.0423. The zero-order chi connectivity index (χ0) is 45.9. The third-order valence-corrected chi connectivity index (χ3v) is 14.5. The van der Waals surface area contributed by atoms with E-state index in [-0.39, 0.29) is 22.9 Å². The summed E-state index contributed by atoms with van der Waals surface area (Å²) < 4.78 is 47.5. The van der Waals surface area contributed by atoms with Crippen LogP contribution in [0.5, 0.6) is 11.5 Å². The van der Waals surface area contributed by atoms with Crippen LogP contribution in [-0.2, 0) is 19.5 Å². The first kappa shape index (κ1) is 47.2. The van der Waals surface area contributed by atoms with E-state index < -0.39 is 36.5 Å². The maximum Gasteiger partial charge on any atom is 0.293 e. The minimum atomic E-state index is -4.54. The molecule has 350 valence electrons. The first-order valence-electron chi connectivity index (χ1n) is 23.1. The van der Waals surface area contributed by atoms with E-state index in [0.717, 1.165) is 81.4 Å². The summed E-state index contributed by atoms with van der Waals surface area (Å²) in [6, 6.07) is 28.0. The number of rotatable bonds is 18. The molecule has 14 nitrogen and oxygen atoms in total. The van der Waals surface area contributed by atoms with Crippen LogP contribution in [0.25, 0.3) is 5.57 Å². The Labute approximate surface area is 392 Å². The molecule has 8 rings (SSSR count). The number of nitrogens with zero attached hydrogens (tertiary/aromatic N) is 4. The van der Waals surface area contributed by atoms with Gasteiger partial charge < -0.3 is 29.3 Å². The third kappa shape index (κ3) is 12.4. The van der Waals surface area contributed by atoms with Crippen molar-refractivity contribution in [1.29, 1.82) is 0 Å². The average molecular weight is 940 g/mol. The standard InChI is InChI=1S/C50H59ClN6O8S/c51-50(64-30-10-25-54-23-8-3-9-24-54)22-19-44(39-11-4-1-5-12-39)40(35-50)37-55-26-28-56(29-27-55)41-15-17-45(48(33-41)65-42-13-6-2-7-14-42)49(58)53-66(61,62)43-16-18-46(47(34-43)57(59)60)52-36-38-20-31-63-32-21-38/h1-2,4-7,11-19,22,33-34,38,52H,3,8-10,20-21,23-32,35-37H2,(H,53,58). The molecule has 2 N–H and O–H groups in total. The minimum Gasteiger partial charge on any atom is -0.456 e. The lowest BCUT2D eigenvalue weighted by atomic mass is 9.90. The van der Waals surface area contributed by atoms with Crippen molar-refractivity contribution >= 4 is 50.2 Å². The zero-order valence-electron chi connectivity index (χ0n) is 37.2. The first-order chi connectivity index (χ1) is 32.0. The Bertz CT molecular complexity index is 2470. The number of amides is 1. The normalized spacial score (nSPS) is 20.0. The molecule has 4 aromatic carbocycles. The van der Waals surface area contributed by atoms with Crippen molar-refractivity contribution in [2.75, 3.05) is 88.9 Å². The Morgan fingerprint density at radius 2 is 1.61 bits per heavy atom. The van der Waals surface area contributed by atoms with Crippen LogP contribution in [0.2, 0.25) is 0 Å². The van der Waals surface area contributed by atoms with Gasteiger partial charge in [-0.1, -0.05) is 72.6 Å². The van der Waals surface area contributed by atoms with E-state index in [0.29, 0.717) is 51.6 Å². The average Bonchev–Trinajstić information content (AvgIpc) is 3.33. The number of piperazine rings is 1. The highest BCUT2D eigenvalue weighted by Gasteiger charge is 2.33. The summed E-state index contributed by atoms with van der Waals surface area (Å²) in [6.07, 6.45) is 11.1. The maximum atomic E-state index is 13.9. The number of allylic oxidation sites excluding steroid dienone is 2. The SMILES string of the molecule is O=C(NS(=O)(=O)c1ccc(NCC2CCOCC2)c([N+](=O)[O-])c1)c1ccc(N2CCN(CC3=C(c4ccccc4)C=CC(Cl)(OCCCN4CCCCC4)C3)CC2)cc1Oc1ccccc1. The Morgan fingerprint density at radius 3 is 2.33 bits per heavy atom. The Hall–Kier alpha value is -5.29. The highest BCUT2D eigenvalue weighted by molar-refractivity contribution is 7.90. The van der Waals surface area contributed by atoms with E-state index in [4.69, 9.17) is 25.8 Å². The molecule has 16 heteroatoms. The second-order valence-electron chi connectivity index (χ2n) is 17.4. The van der Waals surface area contributed by atoms with Gasteiger partial charge in [0.05, 0.1) is 22.0 Å². The second-order valence-corrected chi connectivity index (χ2v) is 19.8. The van der Waals surface area contributed by atoms with Crippen molar-refractivity contribution in [3.05, 3.63) is 136 Å². The van der Waals surface area contributed by atoms with Gasteiger partial charge in [-0.15, -0.1) is 0 Å². The largest absolute Gasteiger partial charge is 0.456 e. The number of hydrogen-bond donors (Lipinski definition) is 2. The van der Waals surface area contributed by atoms with Crippen LogP contribution in [-0.4, -0.2) is 113 Å². The number of anilines is 2. The van der Waals surface area contributed by atoms with Crippen LogP contribution in [0, 0.1) is 16.0 Å². The highest BCUT2D eigenvalue weighted by atomic mass is 35.5. The predicted octanol–water partition coefficient (Wildman–Crippen LogP) is 8.71. The number of carbonyl (C=O) groups excluding carboxylic acids is 1. The van der Waals surface area contributed by atoms with Gasteiger partial charge in [-0.05, 0) is 110 Å².